The number of esters is 1. The Balaban J connectivity index is 1.84. The first kappa shape index (κ1) is 26.9. The van der Waals surface area contributed by atoms with Gasteiger partial charge in [-0.25, -0.2) is 0 Å². The van der Waals surface area contributed by atoms with Crippen LogP contribution in [-0.2, 0) is 14.3 Å². The van der Waals surface area contributed by atoms with Gasteiger partial charge in [-0.3, -0.25) is 14.6 Å². The van der Waals surface area contributed by atoms with E-state index in [1.54, 1.807) is 16.8 Å². The zero-order valence-corrected chi connectivity index (χ0v) is 21.9. The second-order valence-electron chi connectivity index (χ2n) is 10.5. The van der Waals surface area contributed by atoms with E-state index in [-0.39, 0.29) is 35.6 Å². The van der Waals surface area contributed by atoms with Crippen molar-refractivity contribution in [1.82, 2.24) is 14.9 Å². The number of aromatic nitrogens is 2. The Morgan fingerprint density at radius 1 is 1.29 bits per heavy atom. The molecule has 0 saturated carbocycles. The number of nitrogens with zero attached hydrogens (tertiary/aromatic N) is 3. The van der Waals surface area contributed by atoms with Gasteiger partial charge in [0.2, 0.25) is 0 Å². The van der Waals surface area contributed by atoms with Crippen LogP contribution in [0.4, 0.5) is 5.69 Å². The molecule has 0 aliphatic carbocycles. The fraction of sp³-hybridized carbons (Fsp3) is 0.593. The zero-order valence-electron chi connectivity index (χ0n) is 21.9. The van der Waals surface area contributed by atoms with Crippen molar-refractivity contribution >= 4 is 11.7 Å². The summed E-state index contributed by atoms with van der Waals surface area (Å²) in [6.45, 7) is 13.1. The first-order chi connectivity index (χ1) is 16.6. The van der Waals surface area contributed by atoms with Crippen LogP contribution >= 0.6 is 0 Å². The normalized spacial score (nSPS) is 17.3. The maximum Gasteiger partial charge on any atom is 0.307 e. The van der Waals surface area contributed by atoms with Crippen LogP contribution in [0.25, 0.3) is 0 Å². The molecule has 1 fully saturated rings. The van der Waals surface area contributed by atoms with Crippen LogP contribution in [0.2, 0.25) is 0 Å². The van der Waals surface area contributed by atoms with Crippen molar-refractivity contribution < 1.29 is 14.3 Å². The lowest BCUT2D eigenvalue weighted by Gasteiger charge is -2.39. The number of morpholine rings is 1. The van der Waals surface area contributed by atoms with E-state index in [1.807, 2.05) is 25.4 Å². The molecule has 35 heavy (non-hydrogen) atoms. The van der Waals surface area contributed by atoms with Crippen LogP contribution < -0.4 is 15.8 Å². The topological polar surface area (TPSA) is 85.7 Å². The Kier molecular flexibility index (Phi) is 9.08. The minimum absolute atomic E-state index is 0.0134. The maximum absolute atomic E-state index is 12.7. The van der Waals surface area contributed by atoms with Gasteiger partial charge in [-0.1, -0.05) is 13.8 Å². The molecule has 0 unspecified atom stereocenters. The van der Waals surface area contributed by atoms with Gasteiger partial charge in [-0.2, -0.15) is 0 Å². The summed E-state index contributed by atoms with van der Waals surface area (Å²) in [6.07, 6.45) is 6.53. The Morgan fingerprint density at radius 2 is 2.06 bits per heavy atom. The van der Waals surface area contributed by atoms with Gasteiger partial charge in [0.15, 0.2) is 0 Å². The van der Waals surface area contributed by atoms with Gasteiger partial charge < -0.3 is 24.3 Å². The molecule has 2 aromatic heterocycles. The Bertz CT molecular complexity index is 1050. The number of carbonyl (C=O) groups is 1. The fourth-order valence-corrected chi connectivity index (χ4v) is 4.61. The Hall–Kier alpha value is -2.71. The molecule has 2 aromatic rings. The van der Waals surface area contributed by atoms with E-state index in [0.29, 0.717) is 19.1 Å². The highest BCUT2D eigenvalue weighted by molar-refractivity contribution is 5.70. The molecular formula is C27H40N4O4. The quantitative estimate of drug-likeness (QED) is 0.515. The minimum Gasteiger partial charge on any atom is -0.469 e. The number of hydrogen-bond donors (Lipinski definition) is 1. The number of rotatable bonds is 10. The highest BCUT2D eigenvalue weighted by Gasteiger charge is 2.28. The fourth-order valence-electron chi connectivity index (χ4n) is 4.61. The van der Waals surface area contributed by atoms with Gasteiger partial charge in [0.25, 0.3) is 5.56 Å². The lowest BCUT2D eigenvalue weighted by atomic mass is 10.0. The number of anilines is 1. The third kappa shape index (κ3) is 7.64. The van der Waals surface area contributed by atoms with E-state index in [9.17, 15) is 9.59 Å². The summed E-state index contributed by atoms with van der Waals surface area (Å²) in [5.41, 5.74) is 2.62. The molecule has 0 spiro atoms. The van der Waals surface area contributed by atoms with Crippen LogP contribution in [0.15, 0.2) is 41.6 Å². The van der Waals surface area contributed by atoms with E-state index in [2.05, 4.69) is 49.0 Å². The van der Waals surface area contributed by atoms with Crippen molar-refractivity contribution in [2.75, 3.05) is 38.3 Å². The molecule has 1 aliphatic heterocycles. The van der Waals surface area contributed by atoms with Crippen molar-refractivity contribution in [3.63, 3.8) is 0 Å². The van der Waals surface area contributed by atoms with Crippen molar-refractivity contribution in [2.24, 2.45) is 5.92 Å². The average Bonchev–Trinajstić information content (AvgIpc) is 2.80. The van der Waals surface area contributed by atoms with Crippen LogP contribution in [0, 0.1) is 12.8 Å². The number of carbonyl (C=O) groups excluding carboxylic acids is 1. The molecule has 0 bridgehead atoms. The number of pyridine rings is 2. The number of nitrogens with one attached hydrogen (secondary N) is 1. The Labute approximate surface area is 208 Å². The van der Waals surface area contributed by atoms with Gasteiger partial charge >= 0.3 is 5.97 Å². The zero-order chi connectivity index (χ0) is 25.6. The summed E-state index contributed by atoms with van der Waals surface area (Å²) in [5.74, 6) is 0.108. The van der Waals surface area contributed by atoms with E-state index in [1.165, 1.54) is 7.11 Å². The minimum atomic E-state index is -0.298. The number of aryl methyl sites for hydroxylation is 1. The lowest BCUT2D eigenvalue weighted by molar-refractivity contribution is -0.141. The van der Waals surface area contributed by atoms with E-state index >= 15 is 0 Å². The molecule has 0 amide bonds. The standard InChI is InChI=1S/C27H40N4O4/c1-19(2)11-23(31-8-7-20(3)12-25(31)32)17-29-24(14-26(33)34-6)21-13-22(16-28-15-21)30-9-10-35-27(4,5)18-30/h7-8,12-13,15-16,19,23-24,29H,9-11,14,17-18H2,1-6H3/t23-,24-/m0/s1. The summed E-state index contributed by atoms with van der Waals surface area (Å²) in [4.78, 5) is 31.8. The molecule has 8 nitrogen and oxygen atoms in total. The molecule has 0 aromatic carbocycles. The van der Waals surface area contributed by atoms with Gasteiger partial charge in [-0.15, -0.1) is 0 Å². The molecule has 3 heterocycles. The van der Waals surface area contributed by atoms with E-state index < -0.39 is 0 Å². The molecule has 1 saturated heterocycles. The van der Waals surface area contributed by atoms with Crippen LogP contribution in [0.3, 0.4) is 0 Å². The summed E-state index contributed by atoms with van der Waals surface area (Å²) in [5, 5.41) is 3.55. The molecule has 192 valence electrons. The summed E-state index contributed by atoms with van der Waals surface area (Å²) < 4.78 is 12.6. The first-order valence-corrected chi connectivity index (χ1v) is 12.4. The van der Waals surface area contributed by atoms with Gasteiger partial charge in [-0.05, 0) is 56.4 Å². The predicted octanol–water partition coefficient (Wildman–Crippen LogP) is 3.65. The number of ether oxygens (including phenoxy) is 2. The van der Waals surface area contributed by atoms with Gasteiger partial charge in [0.1, 0.15) is 0 Å². The highest BCUT2D eigenvalue weighted by atomic mass is 16.5. The largest absolute Gasteiger partial charge is 0.469 e. The number of methoxy groups -OCH3 is 1. The summed E-state index contributed by atoms with van der Waals surface area (Å²) >= 11 is 0. The molecular weight excluding hydrogens is 444 g/mol. The summed E-state index contributed by atoms with van der Waals surface area (Å²) in [7, 11) is 1.40. The molecule has 3 rings (SSSR count). The molecule has 1 aliphatic rings. The predicted molar refractivity (Wildman–Crippen MR) is 138 cm³/mol. The smallest absolute Gasteiger partial charge is 0.307 e. The summed E-state index contributed by atoms with van der Waals surface area (Å²) in [6, 6.07) is 5.37. The van der Waals surface area contributed by atoms with Gasteiger partial charge in [0, 0.05) is 50.2 Å². The average molecular weight is 485 g/mol. The second-order valence-corrected chi connectivity index (χ2v) is 10.5. The molecule has 0 radical (unpaired) electrons. The monoisotopic (exact) mass is 484 g/mol. The molecule has 2 atom stereocenters. The van der Waals surface area contributed by atoms with Crippen molar-refractivity contribution in [1.29, 1.82) is 0 Å². The van der Waals surface area contributed by atoms with Crippen molar-refractivity contribution in [2.45, 2.75) is 65.1 Å². The van der Waals surface area contributed by atoms with Crippen molar-refractivity contribution in [3.05, 3.63) is 58.3 Å². The SMILES string of the molecule is COC(=O)C[C@H](NC[C@H](CC(C)C)n1ccc(C)cc1=O)c1cncc(N2CCOC(C)(C)C2)c1. The highest BCUT2D eigenvalue weighted by Crippen LogP contribution is 2.27. The van der Waals surface area contributed by atoms with Crippen LogP contribution in [-0.4, -0.2) is 54.5 Å². The maximum atomic E-state index is 12.7. The first-order valence-electron chi connectivity index (χ1n) is 12.4. The lowest BCUT2D eigenvalue weighted by Crippen LogP contribution is -2.48. The molecule has 8 heteroatoms. The third-order valence-electron chi connectivity index (χ3n) is 6.38. The number of hydrogen-bond acceptors (Lipinski definition) is 7. The third-order valence-corrected chi connectivity index (χ3v) is 6.38. The van der Waals surface area contributed by atoms with Crippen LogP contribution in [0.1, 0.15) is 63.7 Å². The van der Waals surface area contributed by atoms with E-state index in [0.717, 1.165) is 36.3 Å². The van der Waals surface area contributed by atoms with Crippen molar-refractivity contribution in [3.8, 4) is 0 Å². The van der Waals surface area contributed by atoms with E-state index in [4.69, 9.17) is 9.47 Å². The Morgan fingerprint density at radius 3 is 2.71 bits per heavy atom. The second kappa shape index (κ2) is 11.8. The van der Waals surface area contributed by atoms with Crippen LogP contribution in [0.5, 0.6) is 0 Å². The molecule has 1 N–H and O–H groups in total. The van der Waals surface area contributed by atoms with Gasteiger partial charge in [0.05, 0.1) is 37.6 Å².